The van der Waals surface area contributed by atoms with E-state index in [2.05, 4.69) is 75.8 Å². The van der Waals surface area contributed by atoms with E-state index in [4.69, 9.17) is 0 Å². The predicted octanol–water partition coefficient (Wildman–Crippen LogP) is 3.35. The third kappa shape index (κ3) is 4.93. The molecule has 2 aromatic heterocycles. The molecule has 3 heterocycles. The van der Waals surface area contributed by atoms with E-state index in [0.717, 1.165) is 29.7 Å². The number of hydrogen-bond donors (Lipinski definition) is 3. The maximum absolute atomic E-state index is 15.0. The molecule has 0 spiro atoms. The van der Waals surface area contributed by atoms with Crippen LogP contribution in [0.25, 0.3) is 11.3 Å². The summed E-state index contributed by atoms with van der Waals surface area (Å²) in [6, 6.07) is 11.4. The minimum Gasteiger partial charge on any atom is -0.379 e. The molecule has 1 aliphatic rings. The number of nitrogens with one attached hydrogen (secondary N) is 2. The summed E-state index contributed by atoms with van der Waals surface area (Å²) in [6.45, 7) is 10.4. The molecule has 0 bridgehead atoms. The SMILES string of the molecule is C[C@@H](N1CC[n+]2cc(-c3ccc(C(C)(C)C)cc3)[nH]c2C1)[C@](O)(C[n+]1cnc[nH]1)c1ccc(F)cc1F. The Morgan fingerprint density at radius 1 is 1.14 bits per heavy atom. The number of halogens is 2. The van der Waals surface area contributed by atoms with Crippen LogP contribution in [0.1, 0.15) is 44.6 Å². The molecule has 0 fully saturated rings. The van der Waals surface area contributed by atoms with Gasteiger partial charge in [0, 0.05) is 29.8 Å². The Hall–Kier alpha value is -3.43. The van der Waals surface area contributed by atoms with Gasteiger partial charge in [-0.05, 0) is 29.0 Å². The molecule has 2 aromatic carbocycles. The molecule has 5 rings (SSSR count). The smallest absolute Gasteiger partial charge is 0.306 e. The lowest BCUT2D eigenvalue weighted by molar-refractivity contribution is -0.765. The van der Waals surface area contributed by atoms with Crippen molar-refractivity contribution in [3.63, 3.8) is 0 Å². The van der Waals surface area contributed by atoms with E-state index >= 15 is 0 Å². The zero-order valence-electron chi connectivity index (χ0n) is 21.7. The van der Waals surface area contributed by atoms with Crippen LogP contribution in [-0.2, 0) is 30.7 Å². The molecule has 0 amide bonds. The average Bonchev–Trinajstić information content (AvgIpc) is 3.52. The highest BCUT2D eigenvalue weighted by Crippen LogP contribution is 2.33. The van der Waals surface area contributed by atoms with Gasteiger partial charge in [0.15, 0.2) is 5.69 Å². The van der Waals surface area contributed by atoms with Crippen LogP contribution in [-0.4, -0.2) is 37.7 Å². The summed E-state index contributed by atoms with van der Waals surface area (Å²) in [4.78, 5) is 9.68. The summed E-state index contributed by atoms with van der Waals surface area (Å²) in [6.07, 6.45) is 5.14. The fourth-order valence-electron chi connectivity index (χ4n) is 5.14. The number of benzene rings is 2. The van der Waals surface area contributed by atoms with Crippen LogP contribution >= 0.6 is 0 Å². The first-order chi connectivity index (χ1) is 17.5. The number of nitrogens with zero attached hydrogens (tertiary/aromatic N) is 4. The lowest BCUT2D eigenvalue weighted by Gasteiger charge is -2.40. The van der Waals surface area contributed by atoms with Gasteiger partial charge in [0.25, 0.3) is 5.82 Å². The van der Waals surface area contributed by atoms with Crippen molar-refractivity contribution < 1.29 is 23.1 Å². The summed E-state index contributed by atoms with van der Waals surface area (Å²) in [5.74, 6) is -0.453. The Labute approximate surface area is 215 Å². The molecule has 2 atom stereocenters. The number of H-pyrrole nitrogens is 2. The van der Waals surface area contributed by atoms with Crippen LogP contribution in [0.3, 0.4) is 0 Å². The van der Waals surface area contributed by atoms with Gasteiger partial charge in [-0.15, -0.1) is 0 Å². The van der Waals surface area contributed by atoms with E-state index in [0.29, 0.717) is 13.1 Å². The summed E-state index contributed by atoms with van der Waals surface area (Å²) in [7, 11) is 0. The Morgan fingerprint density at radius 2 is 1.89 bits per heavy atom. The van der Waals surface area contributed by atoms with E-state index in [-0.39, 0.29) is 17.5 Å². The Balaban J connectivity index is 1.42. The molecule has 0 unspecified atom stereocenters. The third-order valence-electron chi connectivity index (χ3n) is 7.51. The fraction of sp³-hybridized carbons (Fsp3) is 0.393. The first-order valence-corrected chi connectivity index (χ1v) is 12.6. The predicted molar refractivity (Wildman–Crippen MR) is 134 cm³/mol. The lowest BCUT2D eigenvalue weighted by atomic mass is 9.85. The monoisotopic (exact) mass is 508 g/mol. The van der Waals surface area contributed by atoms with Gasteiger partial charge in [-0.25, -0.2) is 18.3 Å². The summed E-state index contributed by atoms with van der Waals surface area (Å²) in [5, 5.41) is 14.9. The Morgan fingerprint density at radius 3 is 2.54 bits per heavy atom. The Kier molecular flexibility index (Phi) is 6.45. The summed E-state index contributed by atoms with van der Waals surface area (Å²) in [5.41, 5.74) is 1.91. The van der Waals surface area contributed by atoms with Crippen molar-refractivity contribution in [1.29, 1.82) is 0 Å². The summed E-state index contributed by atoms with van der Waals surface area (Å²) >= 11 is 0. The van der Waals surface area contributed by atoms with E-state index < -0.39 is 23.3 Å². The maximum Gasteiger partial charge on any atom is 0.306 e. The van der Waals surface area contributed by atoms with Crippen molar-refractivity contribution in [2.75, 3.05) is 6.54 Å². The minimum atomic E-state index is -1.64. The molecule has 0 saturated carbocycles. The number of aliphatic hydroxyl groups is 1. The third-order valence-corrected chi connectivity index (χ3v) is 7.51. The van der Waals surface area contributed by atoms with Gasteiger partial charge in [-0.3, -0.25) is 4.90 Å². The fourth-order valence-corrected chi connectivity index (χ4v) is 5.14. The van der Waals surface area contributed by atoms with Crippen LogP contribution in [0.5, 0.6) is 0 Å². The van der Waals surface area contributed by atoms with Crippen LogP contribution in [0.15, 0.2) is 61.3 Å². The number of aromatic nitrogens is 5. The molecule has 37 heavy (non-hydrogen) atoms. The van der Waals surface area contributed by atoms with Crippen molar-refractivity contribution >= 4 is 0 Å². The molecule has 9 heteroatoms. The maximum atomic E-state index is 15.0. The highest BCUT2D eigenvalue weighted by atomic mass is 19.1. The molecule has 4 aromatic rings. The second kappa shape index (κ2) is 9.46. The van der Waals surface area contributed by atoms with Gasteiger partial charge in [0.05, 0.1) is 0 Å². The van der Waals surface area contributed by atoms with Crippen molar-refractivity contribution in [2.24, 2.45) is 0 Å². The summed E-state index contributed by atoms with van der Waals surface area (Å²) < 4.78 is 32.5. The first kappa shape index (κ1) is 25.2. The number of fused-ring (bicyclic) bond motifs is 1. The van der Waals surface area contributed by atoms with E-state index in [1.54, 1.807) is 4.68 Å². The second-order valence-corrected chi connectivity index (χ2v) is 11.0. The number of aromatic amines is 2. The number of imidazole rings is 1. The molecule has 7 nitrogen and oxygen atoms in total. The lowest BCUT2D eigenvalue weighted by Crippen LogP contribution is -2.60. The zero-order chi connectivity index (χ0) is 26.4. The van der Waals surface area contributed by atoms with Gasteiger partial charge in [-0.2, -0.15) is 9.78 Å². The van der Waals surface area contributed by atoms with Crippen LogP contribution in [0.2, 0.25) is 0 Å². The molecule has 0 radical (unpaired) electrons. The van der Waals surface area contributed by atoms with Gasteiger partial charge in [0.2, 0.25) is 6.33 Å². The molecule has 0 aliphatic carbocycles. The van der Waals surface area contributed by atoms with Crippen molar-refractivity contribution in [1.82, 2.24) is 20.0 Å². The largest absolute Gasteiger partial charge is 0.379 e. The van der Waals surface area contributed by atoms with Crippen molar-refractivity contribution in [3.05, 3.63) is 89.9 Å². The standard InChI is InChI=1S/C28H32F2N6O/c1-19(28(37,16-36-18-31-17-32-36)23-10-9-22(29)13-24(23)30)34-11-12-35-14-25(33-26(35)15-34)20-5-7-21(8-6-20)27(2,3)4/h5-10,13-14,17-19,37H,11-12,15-16H2,1-4H3/p+2/t19-,28-/m1/s1. The molecule has 194 valence electrons. The van der Waals surface area contributed by atoms with Gasteiger partial charge in [-0.1, -0.05) is 51.1 Å². The Bertz CT molecular complexity index is 1380. The van der Waals surface area contributed by atoms with Crippen LogP contribution in [0.4, 0.5) is 8.78 Å². The highest BCUT2D eigenvalue weighted by Gasteiger charge is 2.45. The molecular weight excluding hydrogens is 474 g/mol. The average molecular weight is 509 g/mol. The van der Waals surface area contributed by atoms with Crippen molar-refractivity contribution in [3.8, 4) is 11.3 Å². The highest BCUT2D eigenvalue weighted by molar-refractivity contribution is 5.58. The van der Waals surface area contributed by atoms with E-state index in [9.17, 15) is 13.9 Å². The number of rotatable bonds is 6. The quantitative estimate of drug-likeness (QED) is 0.350. The first-order valence-electron chi connectivity index (χ1n) is 12.6. The molecule has 0 saturated heterocycles. The molecule has 3 N–H and O–H groups in total. The normalized spacial score (nSPS) is 16.8. The number of hydrogen-bond acceptors (Lipinski definition) is 3. The zero-order valence-corrected chi connectivity index (χ0v) is 21.7. The topological polar surface area (TPSA) is 75.7 Å². The van der Waals surface area contributed by atoms with Crippen LogP contribution in [0, 0.1) is 11.6 Å². The molecular formula is C28H34F2N6O+2. The van der Waals surface area contributed by atoms with Gasteiger partial charge >= 0.3 is 6.33 Å². The van der Waals surface area contributed by atoms with Crippen molar-refractivity contribution in [2.45, 2.75) is 64.4 Å². The molecule has 1 aliphatic heterocycles. The van der Waals surface area contributed by atoms with E-state index in [1.807, 2.05) is 6.92 Å². The minimum absolute atomic E-state index is 0.0311. The van der Waals surface area contributed by atoms with Gasteiger partial charge in [0.1, 0.15) is 43.1 Å². The second-order valence-electron chi connectivity index (χ2n) is 11.0. The van der Waals surface area contributed by atoms with Gasteiger partial charge < -0.3 is 5.11 Å². The van der Waals surface area contributed by atoms with E-state index in [1.165, 1.54) is 30.4 Å². The van der Waals surface area contributed by atoms with Crippen LogP contribution < -0.4 is 9.25 Å².